The SMILES string of the molecule is C=CC(=O)OCCOOOc1ccccc1. The maximum atomic E-state index is 10.6. The molecule has 0 saturated heterocycles. The molecule has 1 aromatic carbocycles. The molecule has 0 spiro atoms. The summed E-state index contributed by atoms with van der Waals surface area (Å²) in [5.74, 6) is 0.0122. The molecule has 0 aromatic heterocycles. The minimum atomic E-state index is -0.507. The predicted octanol–water partition coefficient (Wildman–Crippen LogP) is 1.66. The first kappa shape index (κ1) is 12.2. The van der Waals surface area contributed by atoms with Gasteiger partial charge in [-0.1, -0.05) is 24.8 Å². The number of carbonyl (C=O) groups excluding carboxylic acids is 1. The van der Waals surface area contributed by atoms with E-state index < -0.39 is 5.97 Å². The van der Waals surface area contributed by atoms with Crippen LogP contribution in [0.2, 0.25) is 0 Å². The second-order valence-corrected chi connectivity index (χ2v) is 2.66. The van der Waals surface area contributed by atoms with Crippen molar-refractivity contribution in [1.82, 2.24) is 0 Å². The fraction of sp³-hybridized carbons (Fsp3) is 0.182. The van der Waals surface area contributed by atoms with Crippen molar-refractivity contribution in [2.75, 3.05) is 13.2 Å². The van der Waals surface area contributed by atoms with Crippen LogP contribution in [0.4, 0.5) is 0 Å². The number of carbonyl (C=O) groups is 1. The first-order valence-electron chi connectivity index (χ1n) is 4.63. The normalized spacial score (nSPS) is 9.50. The molecule has 5 nitrogen and oxygen atoms in total. The summed E-state index contributed by atoms with van der Waals surface area (Å²) in [5.41, 5.74) is 0. The average Bonchev–Trinajstić information content (AvgIpc) is 2.34. The van der Waals surface area contributed by atoms with Crippen LogP contribution in [0.25, 0.3) is 0 Å². The summed E-state index contributed by atoms with van der Waals surface area (Å²) in [7, 11) is 0. The Morgan fingerprint density at radius 3 is 2.69 bits per heavy atom. The molecule has 0 aliphatic carbocycles. The number of rotatable bonds is 7. The van der Waals surface area contributed by atoms with E-state index in [0.29, 0.717) is 5.75 Å². The number of hydrogen-bond acceptors (Lipinski definition) is 5. The molecule has 0 radical (unpaired) electrons. The van der Waals surface area contributed by atoms with Crippen molar-refractivity contribution in [2.24, 2.45) is 0 Å². The summed E-state index contributed by atoms with van der Waals surface area (Å²) < 4.78 is 4.63. The van der Waals surface area contributed by atoms with Crippen molar-refractivity contribution in [3.05, 3.63) is 43.0 Å². The van der Waals surface area contributed by atoms with Crippen LogP contribution in [-0.4, -0.2) is 19.2 Å². The largest absolute Gasteiger partial charge is 0.460 e. The second-order valence-electron chi connectivity index (χ2n) is 2.66. The van der Waals surface area contributed by atoms with E-state index in [9.17, 15) is 4.79 Å². The van der Waals surface area contributed by atoms with Gasteiger partial charge in [-0.3, -0.25) is 0 Å². The smallest absolute Gasteiger partial charge is 0.330 e. The van der Waals surface area contributed by atoms with Gasteiger partial charge in [0.2, 0.25) is 0 Å². The van der Waals surface area contributed by atoms with Gasteiger partial charge in [-0.05, 0) is 17.2 Å². The molecule has 0 atom stereocenters. The van der Waals surface area contributed by atoms with Gasteiger partial charge in [0.15, 0.2) is 5.75 Å². The van der Waals surface area contributed by atoms with Crippen LogP contribution in [0.5, 0.6) is 5.75 Å². The van der Waals surface area contributed by atoms with E-state index in [4.69, 9.17) is 4.89 Å². The summed E-state index contributed by atoms with van der Waals surface area (Å²) >= 11 is 0. The van der Waals surface area contributed by atoms with Crippen molar-refractivity contribution in [3.63, 3.8) is 0 Å². The Balaban J connectivity index is 2.00. The highest BCUT2D eigenvalue weighted by Crippen LogP contribution is 2.08. The Morgan fingerprint density at radius 1 is 1.25 bits per heavy atom. The number of esters is 1. The monoisotopic (exact) mass is 224 g/mol. The summed E-state index contributed by atoms with van der Waals surface area (Å²) in [6, 6.07) is 8.86. The lowest BCUT2D eigenvalue weighted by Gasteiger charge is -2.03. The quantitative estimate of drug-likeness (QED) is 0.232. The minimum Gasteiger partial charge on any atom is -0.460 e. The average molecular weight is 224 g/mol. The fourth-order valence-corrected chi connectivity index (χ4v) is 0.809. The predicted molar refractivity (Wildman–Crippen MR) is 55.3 cm³/mol. The highest BCUT2D eigenvalue weighted by Gasteiger charge is 1.96. The van der Waals surface area contributed by atoms with Crippen molar-refractivity contribution in [3.8, 4) is 5.75 Å². The van der Waals surface area contributed by atoms with Gasteiger partial charge in [-0.15, -0.1) is 0 Å². The van der Waals surface area contributed by atoms with Gasteiger partial charge in [0.05, 0.1) is 0 Å². The molecule has 0 N–H and O–H groups in total. The summed E-state index contributed by atoms with van der Waals surface area (Å²) in [6.45, 7) is 3.39. The second kappa shape index (κ2) is 7.44. The van der Waals surface area contributed by atoms with Crippen LogP contribution in [0.1, 0.15) is 0 Å². The van der Waals surface area contributed by atoms with Crippen LogP contribution >= 0.6 is 0 Å². The topological polar surface area (TPSA) is 54.0 Å². The van der Waals surface area contributed by atoms with Crippen molar-refractivity contribution < 1.29 is 24.3 Å². The molecular formula is C11H12O5. The molecule has 0 bridgehead atoms. The zero-order valence-corrected chi connectivity index (χ0v) is 8.63. The minimum absolute atomic E-state index is 0.0724. The molecule has 0 unspecified atom stereocenters. The fourth-order valence-electron chi connectivity index (χ4n) is 0.809. The zero-order chi connectivity index (χ0) is 11.6. The molecule has 0 saturated carbocycles. The molecule has 5 heteroatoms. The molecule has 0 heterocycles. The van der Waals surface area contributed by atoms with E-state index >= 15 is 0 Å². The summed E-state index contributed by atoms with van der Waals surface area (Å²) in [5, 5.41) is 4.42. The standard InChI is InChI=1S/C11H12O5/c1-2-11(12)13-8-9-14-16-15-10-6-4-3-5-7-10/h2-7H,1,8-9H2. The molecule has 0 aliphatic rings. The maximum absolute atomic E-state index is 10.6. The molecule has 1 rings (SSSR count). The molecule has 0 fully saturated rings. The van der Waals surface area contributed by atoms with Crippen LogP contribution in [-0.2, 0) is 19.5 Å². The highest BCUT2D eigenvalue weighted by molar-refractivity contribution is 5.81. The molecule has 86 valence electrons. The van der Waals surface area contributed by atoms with Crippen LogP contribution < -0.4 is 4.89 Å². The van der Waals surface area contributed by atoms with Crippen LogP contribution in [0, 0.1) is 0 Å². The summed E-state index contributed by atoms with van der Waals surface area (Å²) in [4.78, 5) is 20.0. The van der Waals surface area contributed by atoms with E-state index in [-0.39, 0.29) is 13.2 Å². The van der Waals surface area contributed by atoms with Crippen molar-refractivity contribution >= 4 is 5.97 Å². The Bertz CT molecular complexity index is 322. The molecule has 0 amide bonds. The summed E-state index contributed by atoms with van der Waals surface area (Å²) in [6.07, 6.45) is 1.07. The number of hydrogen-bond donors (Lipinski definition) is 0. The van der Waals surface area contributed by atoms with Gasteiger partial charge in [0, 0.05) is 6.08 Å². The third-order valence-corrected chi connectivity index (χ3v) is 1.50. The van der Waals surface area contributed by atoms with E-state index in [1.54, 1.807) is 24.3 Å². The molecule has 16 heavy (non-hydrogen) atoms. The first-order valence-corrected chi connectivity index (χ1v) is 4.63. The Morgan fingerprint density at radius 2 is 2.00 bits per heavy atom. The van der Waals surface area contributed by atoms with Gasteiger partial charge in [-0.25, -0.2) is 4.79 Å². The Hall–Kier alpha value is -1.85. The Kier molecular flexibility index (Phi) is 5.68. The lowest BCUT2D eigenvalue weighted by atomic mass is 10.3. The van der Waals surface area contributed by atoms with Crippen LogP contribution in [0.3, 0.4) is 0 Å². The number of para-hydroxylation sites is 1. The first-order chi connectivity index (χ1) is 7.83. The third kappa shape index (κ3) is 5.14. The van der Waals surface area contributed by atoms with E-state index in [0.717, 1.165) is 6.08 Å². The Labute approximate surface area is 93.0 Å². The van der Waals surface area contributed by atoms with Crippen molar-refractivity contribution in [2.45, 2.75) is 0 Å². The van der Waals surface area contributed by atoms with Gasteiger partial charge >= 0.3 is 5.97 Å². The van der Waals surface area contributed by atoms with E-state index in [1.165, 1.54) is 0 Å². The van der Waals surface area contributed by atoms with Gasteiger partial charge in [-0.2, -0.15) is 4.89 Å². The zero-order valence-electron chi connectivity index (χ0n) is 8.63. The van der Waals surface area contributed by atoms with Crippen LogP contribution in [0.15, 0.2) is 43.0 Å². The van der Waals surface area contributed by atoms with Gasteiger partial charge < -0.3 is 9.62 Å². The lowest BCUT2D eigenvalue weighted by Crippen LogP contribution is -2.09. The van der Waals surface area contributed by atoms with Gasteiger partial charge in [0.25, 0.3) is 0 Å². The molecular weight excluding hydrogens is 212 g/mol. The molecule has 0 aliphatic heterocycles. The van der Waals surface area contributed by atoms with Crippen molar-refractivity contribution in [1.29, 1.82) is 0 Å². The molecule has 1 aromatic rings. The van der Waals surface area contributed by atoms with E-state index in [2.05, 4.69) is 21.2 Å². The van der Waals surface area contributed by atoms with E-state index in [1.807, 2.05) is 6.07 Å². The third-order valence-electron chi connectivity index (χ3n) is 1.50. The maximum Gasteiger partial charge on any atom is 0.330 e. The number of ether oxygens (including phenoxy) is 1. The van der Waals surface area contributed by atoms with Gasteiger partial charge in [0.1, 0.15) is 13.2 Å². The number of benzene rings is 1. The lowest BCUT2D eigenvalue weighted by molar-refractivity contribution is -0.466. The highest BCUT2D eigenvalue weighted by atomic mass is 17.5.